The van der Waals surface area contributed by atoms with Crippen LogP contribution in [0.25, 0.3) is 0 Å². The molecular formula is C11H20N4O. The third kappa shape index (κ3) is 2.82. The highest BCUT2D eigenvalue weighted by molar-refractivity contribution is 5.95. The first kappa shape index (κ1) is 12.7. The van der Waals surface area contributed by atoms with Crippen LogP contribution >= 0.6 is 0 Å². The second kappa shape index (κ2) is 5.65. The maximum atomic E-state index is 11.9. The van der Waals surface area contributed by atoms with Crippen molar-refractivity contribution < 1.29 is 4.79 Å². The Morgan fingerprint density at radius 2 is 2.31 bits per heavy atom. The topological polar surface area (TPSA) is 72.9 Å². The van der Waals surface area contributed by atoms with E-state index in [9.17, 15) is 4.79 Å². The lowest BCUT2D eigenvalue weighted by Gasteiger charge is -2.14. The summed E-state index contributed by atoms with van der Waals surface area (Å²) in [5, 5.41) is 7.14. The SMILES string of the molecule is CCc1nn(C)cc1C(=O)NC(CC)CN. The second-order valence-electron chi connectivity index (χ2n) is 3.83. The number of hydrogen-bond acceptors (Lipinski definition) is 3. The summed E-state index contributed by atoms with van der Waals surface area (Å²) in [7, 11) is 1.82. The molecular weight excluding hydrogens is 204 g/mol. The van der Waals surface area contributed by atoms with Crippen LogP contribution < -0.4 is 11.1 Å². The summed E-state index contributed by atoms with van der Waals surface area (Å²) < 4.78 is 1.66. The highest BCUT2D eigenvalue weighted by atomic mass is 16.1. The highest BCUT2D eigenvalue weighted by Crippen LogP contribution is 2.07. The summed E-state index contributed by atoms with van der Waals surface area (Å²) in [4.78, 5) is 11.9. The average molecular weight is 224 g/mol. The molecule has 0 aliphatic carbocycles. The Hall–Kier alpha value is -1.36. The van der Waals surface area contributed by atoms with Crippen molar-refractivity contribution in [3.8, 4) is 0 Å². The van der Waals surface area contributed by atoms with Gasteiger partial charge in [-0.05, 0) is 12.8 Å². The Kier molecular flexibility index (Phi) is 4.49. The van der Waals surface area contributed by atoms with Crippen molar-refractivity contribution in [3.63, 3.8) is 0 Å². The normalized spacial score (nSPS) is 12.5. The molecule has 1 amide bonds. The summed E-state index contributed by atoms with van der Waals surface area (Å²) in [6.45, 7) is 4.45. The maximum Gasteiger partial charge on any atom is 0.255 e. The molecule has 1 unspecified atom stereocenters. The van der Waals surface area contributed by atoms with E-state index in [0.717, 1.165) is 18.5 Å². The van der Waals surface area contributed by atoms with Crippen LogP contribution in [0.2, 0.25) is 0 Å². The van der Waals surface area contributed by atoms with E-state index in [1.165, 1.54) is 0 Å². The molecule has 1 atom stereocenters. The molecule has 0 spiro atoms. The largest absolute Gasteiger partial charge is 0.348 e. The number of aromatic nitrogens is 2. The van der Waals surface area contributed by atoms with Crippen molar-refractivity contribution in [1.29, 1.82) is 0 Å². The van der Waals surface area contributed by atoms with Crippen molar-refractivity contribution in [2.24, 2.45) is 12.8 Å². The van der Waals surface area contributed by atoms with E-state index in [2.05, 4.69) is 10.4 Å². The van der Waals surface area contributed by atoms with Gasteiger partial charge in [0.15, 0.2) is 0 Å². The molecule has 5 nitrogen and oxygen atoms in total. The van der Waals surface area contributed by atoms with Crippen LogP contribution in [0.4, 0.5) is 0 Å². The molecule has 0 saturated carbocycles. The molecule has 1 aromatic heterocycles. The van der Waals surface area contributed by atoms with E-state index in [-0.39, 0.29) is 11.9 Å². The van der Waals surface area contributed by atoms with E-state index < -0.39 is 0 Å². The fraction of sp³-hybridized carbons (Fsp3) is 0.636. The first-order chi connectivity index (χ1) is 7.62. The monoisotopic (exact) mass is 224 g/mol. The number of hydrogen-bond donors (Lipinski definition) is 2. The van der Waals surface area contributed by atoms with Gasteiger partial charge in [-0.3, -0.25) is 9.48 Å². The summed E-state index contributed by atoms with van der Waals surface area (Å²) in [6, 6.07) is 0.0393. The van der Waals surface area contributed by atoms with Crippen molar-refractivity contribution >= 4 is 5.91 Å². The number of carbonyl (C=O) groups is 1. The first-order valence-electron chi connectivity index (χ1n) is 5.65. The van der Waals surface area contributed by atoms with Gasteiger partial charge >= 0.3 is 0 Å². The van der Waals surface area contributed by atoms with Crippen molar-refractivity contribution in [2.75, 3.05) is 6.54 Å². The van der Waals surface area contributed by atoms with Crippen LogP contribution in [0.1, 0.15) is 36.3 Å². The molecule has 5 heteroatoms. The van der Waals surface area contributed by atoms with Crippen LogP contribution in [0.5, 0.6) is 0 Å². The zero-order valence-corrected chi connectivity index (χ0v) is 10.2. The van der Waals surface area contributed by atoms with Gasteiger partial charge in [0.05, 0.1) is 11.3 Å². The number of aryl methyl sites for hydroxylation is 2. The van der Waals surface area contributed by atoms with Crippen molar-refractivity contribution in [2.45, 2.75) is 32.7 Å². The number of nitrogens with two attached hydrogens (primary N) is 1. The fourth-order valence-corrected chi connectivity index (χ4v) is 1.58. The van der Waals surface area contributed by atoms with Crippen LogP contribution in [0.3, 0.4) is 0 Å². The van der Waals surface area contributed by atoms with E-state index >= 15 is 0 Å². The Morgan fingerprint density at radius 1 is 1.62 bits per heavy atom. The smallest absolute Gasteiger partial charge is 0.255 e. The maximum absolute atomic E-state index is 11.9. The summed E-state index contributed by atoms with van der Waals surface area (Å²) in [6.07, 6.45) is 3.34. The lowest BCUT2D eigenvalue weighted by molar-refractivity contribution is 0.0936. The first-order valence-corrected chi connectivity index (χ1v) is 5.65. The van der Waals surface area contributed by atoms with Gasteiger partial charge in [-0.25, -0.2) is 0 Å². The number of nitrogens with zero attached hydrogens (tertiary/aromatic N) is 2. The molecule has 0 saturated heterocycles. The van der Waals surface area contributed by atoms with Gasteiger partial charge in [-0.1, -0.05) is 13.8 Å². The van der Waals surface area contributed by atoms with Crippen LogP contribution in [-0.2, 0) is 13.5 Å². The summed E-state index contributed by atoms with van der Waals surface area (Å²) in [5.41, 5.74) is 7.03. The lowest BCUT2D eigenvalue weighted by atomic mass is 10.1. The van der Waals surface area contributed by atoms with Gasteiger partial charge in [-0.15, -0.1) is 0 Å². The lowest BCUT2D eigenvalue weighted by Crippen LogP contribution is -2.39. The van der Waals surface area contributed by atoms with Crippen LogP contribution in [0, 0.1) is 0 Å². The van der Waals surface area contributed by atoms with Gasteiger partial charge in [0.1, 0.15) is 0 Å². The summed E-state index contributed by atoms with van der Waals surface area (Å²) in [5.74, 6) is -0.0812. The van der Waals surface area contributed by atoms with E-state index in [0.29, 0.717) is 12.1 Å². The third-order valence-corrected chi connectivity index (χ3v) is 2.60. The number of carbonyl (C=O) groups excluding carboxylic acids is 1. The van der Waals surface area contributed by atoms with Crippen LogP contribution in [-0.4, -0.2) is 28.3 Å². The second-order valence-corrected chi connectivity index (χ2v) is 3.83. The predicted octanol–water partition coefficient (Wildman–Crippen LogP) is 0.450. The highest BCUT2D eigenvalue weighted by Gasteiger charge is 2.16. The molecule has 0 aliphatic rings. The van der Waals surface area contributed by atoms with Gasteiger partial charge < -0.3 is 11.1 Å². The minimum absolute atomic E-state index is 0.0393. The Bertz CT molecular complexity index is 355. The quantitative estimate of drug-likeness (QED) is 0.762. The van der Waals surface area contributed by atoms with Crippen LogP contribution in [0.15, 0.2) is 6.20 Å². The van der Waals surface area contributed by atoms with E-state index in [1.807, 2.05) is 20.9 Å². The molecule has 0 fully saturated rings. The predicted molar refractivity (Wildman–Crippen MR) is 63.2 cm³/mol. The molecule has 1 rings (SSSR count). The number of amides is 1. The molecule has 0 bridgehead atoms. The van der Waals surface area contributed by atoms with E-state index in [1.54, 1.807) is 10.9 Å². The zero-order chi connectivity index (χ0) is 12.1. The molecule has 0 aliphatic heterocycles. The van der Waals surface area contributed by atoms with Gasteiger partial charge in [0, 0.05) is 25.8 Å². The number of nitrogens with one attached hydrogen (secondary N) is 1. The van der Waals surface area contributed by atoms with Crippen molar-refractivity contribution in [3.05, 3.63) is 17.5 Å². The molecule has 16 heavy (non-hydrogen) atoms. The van der Waals surface area contributed by atoms with Gasteiger partial charge in [0.25, 0.3) is 5.91 Å². The third-order valence-electron chi connectivity index (χ3n) is 2.60. The number of rotatable bonds is 5. The van der Waals surface area contributed by atoms with Crippen molar-refractivity contribution in [1.82, 2.24) is 15.1 Å². The van der Waals surface area contributed by atoms with Gasteiger partial charge in [-0.2, -0.15) is 5.10 Å². The summed E-state index contributed by atoms with van der Waals surface area (Å²) >= 11 is 0. The average Bonchev–Trinajstić information content (AvgIpc) is 2.67. The van der Waals surface area contributed by atoms with Gasteiger partial charge in [0.2, 0.25) is 0 Å². The molecule has 1 heterocycles. The molecule has 3 N–H and O–H groups in total. The minimum Gasteiger partial charge on any atom is -0.348 e. The molecule has 90 valence electrons. The molecule has 1 aromatic rings. The minimum atomic E-state index is -0.0812. The Morgan fingerprint density at radius 3 is 2.81 bits per heavy atom. The Balaban J connectivity index is 2.79. The Labute approximate surface area is 96.0 Å². The standard InChI is InChI=1S/C11H20N4O/c1-4-8(6-12)13-11(16)9-7-15(3)14-10(9)5-2/h7-8H,4-6,12H2,1-3H3,(H,13,16). The fourth-order valence-electron chi connectivity index (χ4n) is 1.58. The van der Waals surface area contributed by atoms with E-state index in [4.69, 9.17) is 5.73 Å². The molecule has 0 radical (unpaired) electrons. The zero-order valence-electron chi connectivity index (χ0n) is 10.2. The molecule has 0 aromatic carbocycles.